The molecule has 2 aromatic rings. The van der Waals surface area contributed by atoms with Crippen LogP contribution in [0.4, 0.5) is 0 Å². The molecule has 2 N–H and O–H groups in total. The zero-order chi connectivity index (χ0) is 13.0. The van der Waals surface area contributed by atoms with Crippen LogP contribution in [-0.2, 0) is 5.75 Å². The standard InChI is InChI=1S/C12H14ClN3OS/c1-2-10(14)12-15-11(16-17-12)7-18-9-5-3-4-8(13)6-9/h3-6,10H,2,7,14H2,1H3. The molecule has 6 heteroatoms. The molecule has 96 valence electrons. The van der Waals surface area contributed by atoms with E-state index in [2.05, 4.69) is 10.1 Å². The van der Waals surface area contributed by atoms with Gasteiger partial charge in [-0.15, -0.1) is 11.8 Å². The lowest BCUT2D eigenvalue weighted by molar-refractivity contribution is 0.349. The SMILES string of the molecule is CCC(N)c1nc(CSc2cccc(Cl)c2)no1. The molecule has 0 aliphatic rings. The summed E-state index contributed by atoms with van der Waals surface area (Å²) in [5, 5.41) is 4.63. The molecule has 0 spiro atoms. The lowest BCUT2D eigenvalue weighted by Gasteiger charge is -1.99. The van der Waals surface area contributed by atoms with Gasteiger partial charge in [0.2, 0.25) is 5.89 Å². The van der Waals surface area contributed by atoms with E-state index >= 15 is 0 Å². The van der Waals surface area contributed by atoms with Gasteiger partial charge in [-0.2, -0.15) is 4.98 Å². The minimum absolute atomic E-state index is 0.178. The Kier molecular flexibility index (Phi) is 4.63. The van der Waals surface area contributed by atoms with Gasteiger partial charge in [0.25, 0.3) is 0 Å². The Morgan fingerprint density at radius 3 is 3.06 bits per heavy atom. The summed E-state index contributed by atoms with van der Waals surface area (Å²) in [5.41, 5.74) is 5.81. The molecule has 2 rings (SSSR count). The zero-order valence-corrected chi connectivity index (χ0v) is 11.5. The third-order valence-corrected chi connectivity index (χ3v) is 3.63. The van der Waals surface area contributed by atoms with Crippen molar-refractivity contribution < 1.29 is 4.52 Å². The molecule has 18 heavy (non-hydrogen) atoms. The smallest absolute Gasteiger partial charge is 0.243 e. The summed E-state index contributed by atoms with van der Waals surface area (Å²) in [6, 6.07) is 7.49. The molecule has 4 nitrogen and oxygen atoms in total. The fraction of sp³-hybridized carbons (Fsp3) is 0.333. The van der Waals surface area contributed by atoms with Crippen LogP contribution in [0, 0.1) is 0 Å². The van der Waals surface area contributed by atoms with E-state index in [1.54, 1.807) is 11.8 Å². The summed E-state index contributed by atoms with van der Waals surface area (Å²) >= 11 is 7.52. The Morgan fingerprint density at radius 1 is 1.50 bits per heavy atom. The van der Waals surface area contributed by atoms with Crippen molar-refractivity contribution in [2.45, 2.75) is 30.0 Å². The van der Waals surface area contributed by atoms with Gasteiger partial charge in [-0.1, -0.05) is 29.7 Å². The van der Waals surface area contributed by atoms with Crippen molar-refractivity contribution in [3.05, 3.63) is 41.0 Å². The summed E-state index contributed by atoms with van der Waals surface area (Å²) in [5.74, 6) is 1.79. The first kappa shape index (κ1) is 13.4. The number of halogens is 1. The van der Waals surface area contributed by atoms with Crippen molar-refractivity contribution in [1.29, 1.82) is 0 Å². The van der Waals surface area contributed by atoms with Gasteiger partial charge in [0.05, 0.1) is 11.8 Å². The maximum Gasteiger partial charge on any atom is 0.243 e. The van der Waals surface area contributed by atoms with Crippen molar-refractivity contribution in [2.75, 3.05) is 0 Å². The summed E-state index contributed by atoms with van der Waals surface area (Å²) in [6.07, 6.45) is 0.781. The quantitative estimate of drug-likeness (QED) is 0.852. The summed E-state index contributed by atoms with van der Waals surface area (Å²) < 4.78 is 5.10. The number of nitrogens with two attached hydrogens (primary N) is 1. The summed E-state index contributed by atoms with van der Waals surface area (Å²) in [7, 11) is 0. The molecule has 0 amide bonds. The molecule has 0 saturated carbocycles. The number of benzene rings is 1. The number of thioether (sulfide) groups is 1. The van der Waals surface area contributed by atoms with Crippen molar-refractivity contribution in [3.63, 3.8) is 0 Å². The highest BCUT2D eigenvalue weighted by molar-refractivity contribution is 7.98. The van der Waals surface area contributed by atoms with E-state index in [0.717, 1.165) is 16.3 Å². The number of nitrogens with zero attached hydrogens (tertiary/aromatic N) is 2. The molecular weight excluding hydrogens is 270 g/mol. The number of hydrogen-bond acceptors (Lipinski definition) is 5. The minimum atomic E-state index is -0.178. The van der Waals surface area contributed by atoms with Crippen LogP contribution >= 0.6 is 23.4 Å². The van der Waals surface area contributed by atoms with Crippen molar-refractivity contribution in [1.82, 2.24) is 10.1 Å². The van der Waals surface area contributed by atoms with Gasteiger partial charge in [0, 0.05) is 9.92 Å². The van der Waals surface area contributed by atoms with Crippen molar-refractivity contribution in [2.24, 2.45) is 5.73 Å². The van der Waals surface area contributed by atoms with Gasteiger partial charge in [0.1, 0.15) is 0 Å². The molecule has 0 radical (unpaired) electrons. The van der Waals surface area contributed by atoms with Crippen LogP contribution in [0.2, 0.25) is 5.02 Å². The van der Waals surface area contributed by atoms with Gasteiger partial charge in [-0.3, -0.25) is 0 Å². The van der Waals surface area contributed by atoms with Crippen LogP contribution in [0.5, 0.6) is 0 Å². The van der Waals surface area contributed by atoms with E-state index in [9.17, 15) is 0 Å². The molecule has 1 unspecified atom stereocenters. The second kappa shape index (κ2) is 6.22. The Hall–Kier alpha value is -1.04. The van der Waals surface area contributed by atoms with E-state index in [1.807, 2.05) is 31.2 Å². The third-order valence-electron chi connectivity index (χ3n) is 2.40. The molecule has 0 saturated heterocycles. The van der Waals surface area contributed by atoms with Crippen LogP contribution < -0.4 is 5.73 Å². The van der Waals surface area contributed by atoms with Gasteiger partial charge >= 0.3 is 0 Å². The Labute approximate surface area is 115 Å². The van der Waals surface area contributed by atoms with E-state index in [4.69, 9.17) is 21.9 Å². The maximum atomic E-state index is 5.91. The first-order valence-corrected chi connectivity index (χ1v) is 7.02. The average Bonchev–Trinajstić information content (AvgIpc) is 2.84. The Bertz CT molecular complexity index is 518. The van der Waals surface area contributed by atoms with Crippen LogP contribution in [-0.4, -0.2) is 10.1 Å². The van der Waals surface area contributed by atoms with Crippen molar-refractivity contribution >= 4 is 23.4 Å². The molecule has 1 aromatic heterocycles. The van der Waals surface area contributed by atoms with E-state index in [0.29, 0.717) is 17.5 Å². The highest BCUT2D eigenvalue weighted by Crippen LogP contribution is 2.24. The fourth-order valence-corrected chi connectivity index (χ4v) is 2.41. The van der Waals surface area contributed by atoms with Gasteiger partial charge in [-0.25, -0.2) is 0 Å². The van der Waals surface area contributed by atoms with Gasteiger partial charge in [0.15, 0.2) is 5.82 Å². The molecule has 0 fully saturated rings. The minimum Gasteiger partial charge on any atom is -0.338 e. The summed E-state index contributed by atoms with van der Waals surface area (Å²) in [4.78, 5) is 5.34. The molecule has 0 aliphatic heterocycles. The highest BCUT2D eigenvalue weighted by atomic mass is 35.5. The lowest BCUT2D eigenvalue weighted by atomic mass is 10.2. The first-order chi connectivity index (χ1) is 8.69. The molecule has 1 aromatic carbocycles. The Balaban J connectivity index is 1.96. The number of rotatable bonds is 5. The predicted molar refractivity (Wildman–Crippen MR) is 72.5 cm³/mol. The first-order valence-electron chi connectivity index (χ1n) is 5.65. The van der Waals surface area contributed by atoms with Crippen molar-refractivity contribution in [3.8, 4) is 0 Å². The maximum absolute atomic E-state index is 5.91. The van der Waals surface area contributed by atoms with Gasteiger partial charge < -0.3 is 10.3 Å². The monoisotopic (exact) mass is 283 g/mol. The lowest BCUT2D eigenvalue weighted by Crippen LogP contribution is -2.08. The number of hydrogen-bond donors (Lipinski definition) is 1. The second-order valence-electron chi connectivity index (χ2n) is 3.81. The molecule has 0 bridgehead atoms. The van der Waals surface area contributed by atoms with Gasteiger partial charge in [-0.05, 0) is 24.6 Å². The third kappa shape index (κ3) is 3.48. The fourth-order valence-electron chi connectivity index (χ4n) is 1.36. The Morgan fingerprint density at radius 2 is 2.33 bits per heavy atom. The molecule has 0 aliphatic carbocycles. The average molecular weight is 284 g/mol. The normalized spacial score (nSPS) is 12.6. The second-order valence-corrected chi connectivity index (χ2v) is 5.29. The zero-order valence-electron chi connectivity index (χ0n) is 9.97. The summed E-state index contributed by atoms with van der Waals surface area (Å²) in [6.45, 7) is 1.98. The number of aromatic nitrogens is 2. The predicted octanol–water partition coefficient (Wildman–Crippen LogP) is 3.43. The van der Waals surface area contributed by atoms with Crippen LogP contribution in [0.1, 0.15) is 31.1 Å². The topological polar surface area (TPSA) is 64.9 Å². The van der Waals surface area contributed by atoms with E-state index in [-0.39, 0.29) is 6.04 Å². The molecule has 1 atom stereocenters. The van der Waals surface area contributed by atoms with Crippen LogP contribution in [0.15, 0.2) is 33.7 Å². The molecule has 1 heterocycles. The van der Waals surface area contributed by atoms with Crippen LogP contribution in [0.25, 0.3) is 0 Å². The largest absolute Gasteiger partial charge is 0.338 e. The van der Waals surface area contributed by atoms with E-state index < -0.39 is 0 Å². The molecular formula is C12H14ClN3OS. The van der Waals surface area contributed by atoms with E-state index in [1.165, 1.54) is 0 Å². The highest BCUT2D eigenvalue weighted by Gasteiger charge is 2.12. The van der Waals surface area contributed by atoms with Crippen LogP contribution in [0.3, 0.4) is 0 Å².